The number of β-amino-alcohol motifs (C(OH)–C–C–N with tert-alkyl or cyclic N) is 1. The molecule has 0 saturated carbocycles. The molecule has 1 unspecified atom stereocenters. The fourth-order valence-electron chi connectivity index (χ4n) is 3.06. The second-order valence-corrected chi connectivity index (χ2v) is 7.20. The van der Waals surface area contributed by atoms with Gasteiger partial charge in [0.15, 0.2) is 0 Å². The first kappa shape index (κ1) is 18.7. The number of benzene rings is 1. The van der Waals surface area contributed by atoms with Crippen LogP contribution in [0.15, 0.2) is 35.7 Å². The van der Waals surface area contributed by atoms with Crippen LogP contribution in [0.1, 0.15) is 21.3 Å². The van der Waals surface area contributed by atoms with Crippen LogP contribution < -0.4 is 9.47 Å². The van der Waals surface area contributed by atoms with Crippen molar-refractivity contribution in [1.29, 1.82) is 0 Å². The highest BCUT2D eigenvalue weighted by Crippen LogP contribution is 2.24. The minimum Gasteiger partial charge on any atom is -0.497 e. The zero-order valence-corrected chi connectivity index (χ0v) is 15.9. The minimum absolute atomic E-state index is 0.0272. The van der Waals surface area contributed by atoms with E-state index in [2.05, 4.69) is 4.90 Å². The van der Waals surface area contributed by atoms with E-state index in [1.165, 1.54) is 0 Å². The molecule has 0 aliphatic carbocycles. The van der Waals surface area contributed by atoms with Crippen molar-refractivity contribution in [2.75, 3.05) is 46.9 Å². The van der Waals surface area contributed by atoms with Gasteiger partial charge in [-0.05, 0) is 23.6 Å². The van der Waals surface area contributed by atoms with Crippen LogP contribution >= 0.6 is 11.3 Å². The summed E-state index contributed by atoms with van der Waals surface area (Å²) in [4.78, 5) is 17.8. The molecular formula is C19H24N2O4S. The van der Waals surface area contributed by atoms with E-state index < -0.39 is 6.10 Å². The van der Waals surface area contributed by atoms with E-state index in [4.69, 9.17) is 9.47 Å². The van der Waals surface area contributed by atoms with Crippen molar-refractivity contribution in [3.63, 3.8) is 0 Å². The Hall–Kier alpha value is -2.09. The van der Waals surface area contributed by atoms with Crippen molar-refractivity contribution in [3.05, 3.63) is 46.2 Å². The first-order valence-electron chi connectivity index (χ1n) is 8.57. The van der Waals surface area contributed by atoms with Gasteiger partial charge in [-0.25, -0.2) is 0 Å². The highest BCUT2D eigenvalue weighted by Gasteiger charge is 2.24. The van der Waals surface area contributed by atoms with Crippen LogP contribution in [-0.2, 0) is 0 Å². The molecule has 1 N–H and O–H groups in total. The molecule has 1 atom stereocenters. The van der Waals surface area contributed by atoms with Gasteiger partial charge in [-0.2, -0.15) is 0 Å². The molecule has 7 heteroatoms. The molecule has 1 aromatic heterocycles. The molecule has 140 valence electrons. The highest BCUT2D eigenvalue weighted by molar-refractivity contribution is 7.10. The summed E-state index contributed by atoms with van der Waals surface area (Å²) in [6.07, 6.45) is -0.472. The zero-order valence-electron chi connectivity index (χ0n) is 15.1. The largest absolute Gasteiger partial charge is 0.497 e. The first-order chi connectivity index (χ1) is 12.6. The van der Waals surface area contributed by atoms with Gasteiger partial charge in [-0.15, -0.1) is 11.3 Å². The van der Waals surface area contributed by atoms with E-state index in [0.717, 1.165) is 18.0 Å². The van der Waals surface area contributed by atoms with E-state index in [1.807, 2.05) is 22.4 Å². The summed E-state index contributed by atoms with van der Waals surface area (Å²) < 4.78 is 10.5. The van der Waals surface area contributed by atoms with Crippen molar-refractivity contribution in [3.8, 4) is 11.5 Å². The lowest BCUT2D eigenvalue weighted by Gasteiger charge is -2.35. The maximum atomic E-state index is 12.8. The lowest BCUT2D eigenvalue weighted by Crippen LogP contribution is -2.49. The number of aliphatic hydroxyl groups is 1. The van der Waals surface area contributed by atoms with E-state index in [9.17, 15) is 9.90 Å². The molecule has 1 aliphatic rings. The summed E-state index contributed by atoms with van der Waals surface area (Å²) in [5.74, 6) is 1.18. The molecule has 0 radical (unpaired) electrons. The maximum absolute atomic E-state index is 12.8. The molecule has 1 aromatic carbocycles. The van der Waals surface area contributed by atoms with Crippen molar-refractivity contribution < 1.29 is 19.4 Å². The Morgan fingerprint density at radius 1 is 1.15 bits per heavy atom. The fourth-order valence-corrected chi connectivity index (χ4v) is 3.77. The third-order valence-electron chi connectivity index (χ3n) is 4.56. The lowest BCUT2D eigenvalue weighted by atomic mass is 10.1. The van der Waals surface area contributed by atoms with Crippen LogP contribution in [0, 0.1) is 0 Å². The van der Waals surface area contributed by atoms with Gasteiger partial charge in [0, 0.05) is 49.2 Å². The summed E-state index contributed by atoms with van der Waals surface area (Å²) in [6, 6.07) is 9.11. The number of rotatable bonds is 6. The maximum Gasteiger partial charge on any atom is 0.254 e. The average Bonchev–Trinajstić information content (AvgIpc) is 3.22. The summed E-state index contributed by atoms with van der Waals surface area (Å²) in [7, 11) is 3.14. The molecular weight excluding hydrogens is 352 g/mol. The Morgan fingerprint density at radius 3 is 2.35 bits per heavy atom. The predicted molar refractivity (Wildman–Crippen MR) is 101 cm³/mol. The number of nitrogens with zero attached hydrogens (tertiary/aromatic N) is 2. The van der Waals surface area contributed by atoms with Crippen molar-refractivity contribution in [2.45, 2.75) is 6.10 Å². The van der Waals surface area contributed by atoms with Gasteiger partial charge in [0.05, 0.1) is 14.2 Å². The standard InChI is InChI=1S/C19H24N2O4S/c1-24-15-10-14(11-16(12-15)25-2)19(23)21-7-5-20(6-8-21)13-17(22)18-4-3-9-26-18/h3-4,9-12,17,22H,5-8,13H2,1-2H3. The molecule has 1 aliphatic heterocycles. The van der Waals surface area contributed by atoms with Gasteiger partial charge < -0.3 is 19.5 Å². The van der Waals surface area contributed by atoms with Gasteiger partial charge in [0.1, 0.15) is 17.6 Å². The third-order valence-corrected chi connectivity index (χ3v) is 5.53. The SMILES string of the molecule is COc1cc(OC)cc(C(=O)N2CCN(CC(O)c3cccs3)CC2)c1. The topological polar surface area (TPSA) is 62.2 Å². The molecule has 1 fully saturated rings. The molecule has 0 spiro atoms. The smallest absolute Gasteiger partial charge is 0.254 e. The zero-order chi connectivity index (χ0) is 18.5. The molecule has 1 saturated heterocycles. The molecule has 6 nitrogen and oxygen atoms in total. The number of thiophene rings is 1. The van der Waals surface area contributed by atoms with Crippen LogP contribution in [0.25, 0.3) is 0 Å². The monoisotopic (exact) mass is 376 g/mol. The lowest BCUT2D eigenvalue weighted by molar-refractivity contribution is 0.0532. The summed E-state index contributed by atoms with van der Waals surface area (Å²) in [5, 5.41) is 12.3. The van der Waals surface area contributed by atoms with E-state index >= 15 is 0 Å². The number of hydrogen-bond acceptors (Lipinski definition) is 6. The Morgan fingerprint density at radius 2 is 1.81 bits per heavy atom. The number of piperazine rings is 1. The van der Waals surface area contributed by atoms with Gasteiger partial charge >= 0.3 is 0 Å². The third kappa shape index (κ3) is 4.35. The number of methoxy groups -OCH3 is 2. The molecule has 0 bridgehead atoms. The molecule has 1 amide bonds. The Balaban J connectivity index is 1.58. The number of carbonyl (C=O) groups is 1. The van der Waals surface area contributed by atoms with E-state index in [-0.39, 0.29) is 5.91 Å². The second-order valence-electron chi connectivity index (χ2n) is 6.23. The highest BCUT2D eigenvalue weighted by atomic mass is 32.1. The van der Waals surface area contributed by atoms with Crippen LogP contribution in [0.4, 0.5) is 0 Å². The van der Waals surface area contributed by atoms with Gasteiger partial charge in [-0.3, -0.25) is 9.69 Å². The number of carbonyl (C=O) groups excluding carboxylic acids is 1. The van der Waals surface area contributed by atoms with Crippen molar-refractivity contribution in [2.24, 2.45) is 0 Å². The molecule has 2 heterocycles. The van der Waals surface area contributed by atoms with Gasteiger partial charge in [0.25, 0.3) is 5.91 Å². The van der Waals surface area contributed by atoms with E-state index in [0.29, 0.717) is 36.7 Å². The van der Waals surface area contributed by atoms with Crippen molar-refractivity contribution in [1.82, 2.24) is 9.80 Å². The Bertz CT molecular complexity index is 705. The number of hydrogen-bond donors (Lipinski definition) is 1. The summed E-state index contributed by atoms with van der Waals surface area (Å²) in [5.41, 5.74) is 0.563. The van der Waals surface area contributed by atoms with Gasteiger partial charge in [-0.1, -0.05) is 6.07 Å². The Labute approximate surface area is 157 Å². The summed E-state index contributed by atoms with van der Waals surface area (Å²) >= 11 is 1.56. The fraction of sp³-hybridized carbons (Fsp3) is 0.421. The second kappa shape index (κ2) is 8.53. The predicted octanol–water partition coefficient (Wildman–Crippen LogP) is 2.26. The number of amides is 1. The van der Waals surface area contributed by atoms with Crippen LogP contribution in [0.5, 0.6) is 11.5 Å². The molecule has 2 aromatic rings. The molecule has 26 heavy (non-hydrogen) atoms. The summed E-state index contributed by atoms with van der Waals surface area (Å²) in [6.45, 7) is 3.35. The number of ether oxygens (including phenoxy) is 2. The normalized spacial score (nSPS) is 16.3. The van der Waals surface area contributed by atoms with Crippen LogP contribution in [0.3, 0.4) is 0 Å². The minimum atomic E-state index is -0.472. The van der Waals surface area contributed by atoms with E-state index in [1.54, 1.807) is 43.8 Å². The van der Waals surface area contributed by atoms with Crippen LogP contribution in [0.2, 0.25) is 0 Å². The Kier molecular flexibility index (Phi) is 6.13. The average molecular weight is 376 g/mol. The first-order valence-corrected chi connectivity index (χ1v) is 9.45. The van der Waals surface area contributed by atoms with Gasteiger partial charge in [0.2, 0.25) is 0 Å². The van der Waals surface area contributed by atoms with Crippen molar-refractivity contribution >= 4 is 17.2 Å². The quantitative estimate of drug-likeness (QED) is 0.838. The molecule has 3 rings (SSSR count). The van der Waals surface area contributed by atoms with Crippen LogP contribution in [-0.4, -0.2) is 67.8 Å². The number of aliphatic hydroxyl groups excluding tert-OH is 1.